The first kappa shape index (κ1) is 27.2. The number of carbonyl (C=O) groups is 1. The summed E-state index contributed by atoms with van der Waals surface area (Å²) in [5.41, 5.74) is -0.0395. The lowest BCUT2D eigenvalue weighted by Gasteiger charge is -2.19. The molecule has 0 aliphatic heterocycles. The van der Waals surface area contributed by atoms with E-state index in [1.54, 1.807) is 63.8 Å². The molecule has 3 aromatic carbocycles. The van der Waals surface area contributed by atoms with Crippen LogP contribution in [0.2, 0.25) is 0 Å². The summed E-state index contributed by atoms with van der Waals surface area (Å²) < 4.78 is 56.4. The highest BCUT2D eigenvalue weighted by atomic mass is 32.2. The zero-order valence-corrected chi connectivity index (χ0v) is 23.1. The summed E-state index contributed by atoms with van der Waals surface area (Å²) in [6.07, 6.45) is 0. The number of fused-ring (bicyclic) bond motifs is 1. The largest absolute Gasteiger partial charge is 0.497 e. The van der Waals surface area contributed by atoms with Crippen molar-refractivity contribution >= 4 is 37.4 Å². The molecule has 0 spiro atoms. The van der Waals surface area contributed by atoms with Crippen molar-refractivity contribution in [3.05, 3.63) is 71.1 Å². The lowest BCUT2D eigenvalue weighted by atomic mass is 10.2. The molecule has 9 nitrogen and oxygen atoms in total. The Morgan fingerprint density at radius 2 is 1.50 bits per heavy atom. The van der Waals surface area contributed by atoms with E-state index in [9.17, 15) is 13.2 Å². The van der Waals surface area contributed by atoms with Crippen LogP contribution in [0.15, 0.2) is 65.6 Å². The molecule has 0 aliphatic rings. The Kier molecular flexibility index (Phi) is 8.10. The first-order chi connectivity index (χ1) is 18.2. The SMILES string of the molecule is COC(=O)c1ccccc1S(=O)(=O)N(C)Cc1sc2cc(OC)c(OC)cc2c1Oc1ccc(OC)cc1. The zero-order valence-electron chi connectivity index (χ0n) is 21.5. The van der Waals surface area contributed by atoms with Gasteiger partial charge < -0.3 is 23.7 Å². The van der Waals surface area contributed by atoms with Gasteiger partial charge in [-0.25, -0.2) is 13.2 Å². The van der Waals surface area contributed by atoms with E-state index < -0.39 is 16.0 Å². The lowest BCUT2D eigenvalue weighted by molar-refractivity contribution is 0.0596. The Labute approximate surface area is 225 Å². The number of methoxy groups -OCH3 is 4. The van der Waals surface area contributed by atoms with Gasteiger partial charge in [-0.2, -0.15) is 4.31 Å². The summed E-state index contributed by atoms with van der Waals surface area (Å²) in [4.78, 5) is 12.8. The second-order valence-electron chi connectivity index (χ2n) is 8.08. The summed E-state index contributed by atoms with van der Waals surface area (Å²) >= 11 is 1.37. The molecule has 0 amide bonds. The average Bonchev–Trinajstić information content (AvgIpc) is 3.27. The van der Waals surface area contributed by atoms with E-state index in [-0.39, 0.29) is 17.0 Å². The number of hydrogen-bond donors (Lipinski definition) is 0. The molecule has 0 aliphatic carbocycles. The maximum atomic E-state index is 13.6. The van der Waals surface area contributed by atoms with Crippen LogP contribution in [-0.2, 0) is 21.3 Å². The van der Waals surface area contributed by atoms with Gasteiger partial charge in [-0.05, 0) is 42.5 Å². The highest BCUT2D eigenvalue weighted by Crippen LogP contribution is 2.46. The highest BCUT2D eigenvalue weighted by Gasteiger charge is 2.29. The fourth-order valence-electron chi connectivity index (χ4n) is 3.85. The number of esters is 1. The van der Waals surface area contributed by atoms with E-state index >= 15 is 0 Å². The van der Waals surface area contributed by atoms with Crippen LogP contribution in [0.4, 0.5) is 0 Å². The quantitative estimate of drug-likeness (QED) is 0.241. The fourth-order valence-corrected chi connectivity index (χ4v) is 6.45. The van der Waals surface area contributed by atoms with Gasteiger partial charge >= 0.3 is 5.97 Å². The van der Waals surface area contributed by atoms with E-state index in [0.717, 1.165) is 10.1 Å². The minimum atomic E-state index is -4.07. The molecule has 0 fully saturated rings. The molecule has 0 atom stereocenters. The molecule has 4 aromatic rings. The number of nitrogens with zero attached hydrogens (tertiary/aromatic N) is 1. The predicted octanol–water partition coefficient (Wildman–Crippen LogP) is 5.33. The molecule has 0 radical (unpaired) electrons. The van der Waals surface area contributed by atoms with Gasteiger partial charge in [0.1, 0.15) is 11.5 Å². The molecular weight excluding hydrogens is 530 g/mol. The number of carbonyl (C=O) groups excluding carboxylic acids is 1. The predicted molar refractivity (Wildman–Crippen MR) is 144 cm³/mol. The molecule has 0 bridgehead atoms. The van der Waals surface area contributed by atoms with E-state index in [2.05, 4.69) is 0 Å². The monoisotopic (exact) mass is 557 g/mol. The Bertz CT molecular complexity index is 1560. The van der Waals surface area contributed by atoms with Crippen molar-refractivity contribution in [3.63, 3.8) is 0 Å². The molecular formula is C27H27NO8S2. The van der Waals surface area contributed by atoms with E-state index in [1.165, 1.54) is 41.9 Å². The normalized spacial score (nSPS) is 11.4. The maximum Gasteiger partial charge on any atom is 0.339 e. The van der Waals surface area contributed by atoms with Gasteiger partial charge in [0.25, 0.3) is 0 Å². The van der Waals surface area contributed by atoms with Crippen LogP contribution in [0.25, 0.3) is 10.1 Å². The van der Waals surface area contributed by atoms with Gasteiger partial charge in [-0.3, -0.25) is 0 Å². The van der Waals surface area contributed by atoms with Crippen LogP contribution in [0.3, 0.4) is 0 Å². The topological polar surface area (TPSA) is 101 Å². The number of rotatable bonds is 10. The summed E-state index contributed by atoms with van der Waals surface area (Å²) in [5, 5.41) is 0.735. The molecule has 0 N–H and O–H groups in total. The summed E-state index contributed by atoms with van der Waals surface area (Å²) in [5.74, 6) is 2.02. The van der Waals surface area contributed by atoms with E-state index in [4.69, 9.17) is 23.7 Å². The Morgan fingerprint density at radius 1 is 0.868 bits per heavy atom. The molecule has 0 saturated heterocycles. The molecule has 0 unspecified atom stereocenters. The van der Waals surface area contributed by atoms with Crippen LogP contribution in [0.5, 0.6) is 28.7 Å². The number of hydrogen-bond acceptors (Lipinski definition) is 9. The number of thiophene rings is 1. The van der Waals surface area contributed by atoms with Crippen molar-refractivity contribution in [3.8, 4) is 28.7 Å². The molecule has 11 heteroatoms. The van der Waals surface area contributed by atoms with Crippen molar-refractivity contribution in [1.29, 1.82) is 0 Å². The first-order valence-electron chi connectivity index (χ1n) is 11.4. The van der Waals surface area contributed by atoms with Crippen LogP contribution >= 0.6 is 11.3 Å². The summed E-state index contributed by atoms with van der Waals surface area (Å²) in [6.45, 7) is -0.0205. The van der Waals surface area contributed by atoms with Gasteiger partial charge in [0.05, 0.1) is 50.3 Å². The Morgan fingerprint density at radius 3 is 2.13 bits per heavy atom. The zero-order chi connectivity index (χ0) is 27.4. The number of benzene rings is 3. The van der Waals surface area contributed by atoms with E-state index in [0.29, 0.717) is 33.6 Å². The van der Waals surface area contributed by atoms with Gasteiger partial charge in [0.2, 0.25) is 10.0 Å². The van der Waals surface area contributed by atoms with Crippen molar-refractivity contribution in [2.24, 2.45) is 0 Å². The van der Waals surface area contributed by atoms with Gasteiger partial charge in [0.15, 0.2) is 17.2 Å². The van der Waals surface area contributed by atoms with Gasteiger partial charge in [0, 0.05) is 23.2 Å². The highest BCUT2D eigenvalue weighted by molar-refractivity contribution is 7.89. The van der Waals surface area contributed by atoms with E-state index in [1.807, 2.05) is 6.07 Å². The summed E-state index contributed by atoms with van der Waals surface area (Å²) in [6, 6.07) is 16.6. The standard InChI is InChI=1S/C27H27NO8S2/c1-28(38(30,31)25-9-7-6-8-19(25)27(29)35-5)16-24-26(36-18-12-10-17(32-2)11-13-18)20-14-21(33-3)22(34-4)15-23(20)37-24/h6-15H,16H2,1-5H3. The minimum Gasteiger partial charge on any atom is -0.497 e. The number of sulfonamides is 1. The van der Waals surface area contributed by atoms with Crippen molar-refractivity contribution in [2.45, 2.75) is 11.4 Å². The maximum absolute atomic E-state index is 13.6. The molecule has 0 saturated carbocycles. The smallest absolute Gasteiger partial charge is 0.339 e. The third-order valence-corrected chi connectivity index (χ3v) is 8.82. The molecule has 4 rings (SSSR count). The fraction of sp³-hybridized carbons (Fsp3) is 0.222. The summed E-state index contributed by atoms with van der Waals surface area (Å²) in [7, 11) is 3.26. The van der Waals surface area contributed by atoms with Crippen LogP contribution in [-0.4, -0.2) is 54.2 Å². The second kappa shape index (κ2) is 11.3. The molecule has 1 aromatic heterocycles. The van der Waals surface area contributed by atoms with Crippen molar-refractivity contribution < 1.29 is 36.9 Å². The Balaban J connectivity index is 1.79. The lowest BCUT2D eigenvalue weighted by Crippen LogP contribution is -2.28. The van der Waals surface area contributed by atoms with Gasteiger partial charge in [-0.15, -0.1) is 11.3 Å². The van der Waals surface area contributed by atoms with Crippen molar-refractivity contribution in [2.75, 3.05) is 35.5 Å². The van der Waals surface area contributed by atoms with Crippen molar-refractivity contribution in [1.82, 2.24) is 4.31 Å². The molecule has 1 heterocycles. The van der Waals surface area contributed by atoms with Crippen LogP contribution in [0, 0.1) is 0 Å². The van der Waals surface area contributed by atoms with Crippen LogP contribution in [0.1, 0.15) is 15.2 Å². The molecule has 200 valence electrons. The third-order valence-electron chi connectivity index (χ3n) is 5.84. The minimum absolute atomic E-state index is 0.0205. The number of ether oxygens (including phenoxy) is 5. The van der Waals surface area contributed by atoms with Gasteiger partial charge in [-0.1, -0.05) is 12.1 Å². The van der Waals surface area contributed by atoms with Crippen LogP contribution < -0.4 is 18.9 Å². The second-order valence-corrected chi connectivity index (χ2v) is 11.2. The molecule has 38 heavy (non-hydrogen) atoms. The first-order valence-corrected chi connectivity index (χ1v) is 13.6. The average molecular weight is 558 g/mol. The Hall–Kier alpha value is -3.80. The third kappa shape index (κ3) is 5.26.